The van der Waals surface area contributed by atoms with Gasteiger partial charge in [0.15, 0.2) is 5.78 Å². The van der Waals surface area contributed by atoms with Crippen LogP contribution in [0.5, 0.6) is 0 Å². The van der Waals surface area contributed by atoms with Gasteiger partial charge in [-0.3, -0.25) is 14.5 Å². The second-order valence-electron chi connectivity index (χ2n) is 4.71. The smallest absolute Gasteiger partial charge is 0.408 e. The first-order valence-electron chi connectivity index (χ1n) is 6.63. The fourth-order valence-corrected chi connectivity index (χ4v) is 2.34. The van der Waals surface area contributed by atoms with Gasteiger partial charge in [0.25, 0.3) is 0 Å². The van der Waals surface area contributed by atoms with Crippen LogP contribution < -0.4 is 5.32 Å². The van der Waals surface area contributed by atoms with E-state index < -0.39 is 18.0 Å². The lowest BCUT2D eigenvalue weighted by Gasteiger charge is -2.32. The van der Waals surface area contributed by atoms with Crippen molar-refractivity contribution >= 4 is 33.7 Å². The molecule has 8 heteroatoms. The summed E-state index contributed by atoms with van der Waals surface area (Å²) in [5, 5.41) is 11.5. The molecule has 1 saturated heterocycles. The van der Waals surface area contributed by atoms with Crippen LogP contribution in [-0.2, 0) is 9.53 Å². The Bertz CT molecular complexity index is 575. The van der Waals surface area contributed by atoms with Crippen molar-refractivity contribution in [3.63, 3.8) is 0 Å². The average Bonchev–Trinajstić information content (AvgIpc) is 2.53. The molecule has 1 aliphatic heterocycles. The summed E-state index contributed by atoms with van der Waals surface area (Å²) < 4.78 is 5.98. The number of amides is 2. The number of hydrogen-bond donors (Lipinski definition) is 2. The highest BCUT2D eigenvalue weighted by molar-refractivity contribution is 9.10. The maximum Gasteiger partial charge on any atom is 0.408 e. The SMILES string of the molecule is O=C(CNC(=O)C1COCCN1C(=O)O)c1ccc(Br)cc1. The zero-order chi connectivity index (χ0) is 16.1. The van der Waals surface area contributed by atoms with Crippen molar-refractivity contribution in [3.8, 4) is 0 Å². The molecule has 7 nitrogen and oxygen atoms in total. The van der Waals surface area contributed by atoms with Gasteiger partial charge in [0.2, 0.25) is 5.91 Å². The minimum absolute atomic E-state index is 0.00932. The second-order valence-corrected chi connectivity index (χ2v) is 5.63. The predicted octanol–water partition coefficient (Wildman–Crippen LogP) is 1.13. The number of carboxylic acid groups (broad SMARTS) is 1. The Hall–Kier alpha value is -1.93. The Labute approximate surface area is 135 Å². The number of ketones is 1. The van der Waals surface area contributed by atoms with Crippen LogP contribution in [-0.4, -0.2) is 60.1 Å². The number of ether oxygens (including phenoxy) is 1. The molecule has 22 heavy (non-hydrogen) atoms. The third kappa shape index (κ3) is 4.05. The number of nitrogens with one attached hydrogen (secondary N) is 1. The molecule has 1 aromatic carbocycles. The molecule has 0 saturated carbocycles. The molecule has 0 spiro atoms. The van der Waals surface area contributed by atoms with Crippen molar-refractivity contribution in [1.82, 2.24) is 10.2 Å². The predicted molar refractivity (Wildman–Crippen MR) is 80.8 cm³/mol. The Kier molecular flexibility index (Phi) is 5.51. The lowest BCUT2D eigenvalue weighted by Crippen LogP contribution is -2.56. The summed E-state index contributed by atoms with van der Waals surface area (Å²) in [5.41, 5.74) is 0.471. The number of hydrogen-bond acceptors (Lipinski definition) is 4. The summed E-state index contributed by atoms with van der Waals surface area (Å²) in [6.07, 6.45) is -1.18. The van der Waals surface area contributed by atoms with E-state index in [0.29, 0.717) is 5.56 Å². The summed E-state index contributed by atoms with van der Waals surface area (Å²) >= 11 is 3.27. The van der Waals surface area contributed by atoms with Crippen LogP contribution in [0, 0.1) is 0 Å². The third-order valence-electron chi connectivity index (χ3n) is 3.27. The number of benzene rings is 1. The molecule has 1 fully saturated rings. The highest BCUT2D eigenvalue weighted by atomic mass is 79.9. The van der Waals surface area contributed by atoms with Crippen molar-refractivity contribution in [3.05, 3.63) is 34.3 Å². The summed E-state index contributed by atoms with van der Waals surface area (Å²) in [7, 11) is 0. The molecule has 118 valence electrons. The van der Waals surface area contributed by atoms with E-state index in [1.165, 1.54) is 0 Å². The van der Waals surface area contributed by atoms with Gasteiger partial charge in [0, 0.05) is 16.6 Å². The number of morpholine rings is 1. The van der Waals surface area contributed by atoms with Crippen LogP contribution in [0.25, 0.3) is 0 Å². The number of Topliss-reactive ketones (excluding diaryl/α,β-unsaturated/α-hetero) is 1. The largest absolute Gasteiger partial charge is 0.465 e. The fraction of sp³-hybridized carbons (Fsp3) is 0.357. The third-order valence-corrected chi connectivity index (χ3v) is 3.79. The van der Waals surface area contributed by atoms with E-state index in [9.17, 15) is 14.4 Å². The number of halogens is 1. The number of carbonyl (C=O) groups excluding carboxylic acids is 2. The van der Waals surface area contributed by atoms with Crippen LogP contribution in [0.2, 0.25) is 0 Å². The standard InChI is InChI=1S/C14H15BrN2O5/c15-10-3-1-9(2-4-10)12(18)7-16-13(19)11-8-22-6-5-17(11)14(20)21/h1-4,11H,5-8H2,(H,16,19)(H,20,21). The summed E-state index contributed by atoms with van der Waals surface area (Å²) in [4.78, 5) is 36.1. The molecule has 0 radical (unpaired) electrons. The molecule has 2 amide bonds. The van der Waals surface area contributed by atoms with Crippen molar-refractivity contribution in [2.75, 3.05) is 26.3 Å². The van der Waals surface area contributed by atoms with Crippen LogP contribution >= 0.6 is 15.9 Å². The monoisotopic (exact) mass is 370 g/mol. The van der Waals surface area contributed by atoms with Gasteiger partial charge in [-0.2, -0.15) is 0 Å². The molecule has 1 aromatic rings. The first kappa shape index (κ1) is 16.4. The maximum absolute atomic E-state index is 12.0. The van der Waals surface area contributed by atoms with Gasteiger partial charge in [0.1, 0.15) is 6.04 Å². The minimum Gasteiger partial charge on any atom is -0.465 e. The van der Waals surface area contributed by atoms with Crippen LogP contribution in [0.4, 0.5) is 4.79 Å². The fourth-order valence-electron chi connectivity index (χ4n) is 2.07. The zero-order valence-electron chi connectivity index (χ0n) is 11.6. The number of rotatable bonds is 4. The number of nitrogens with zero attached hydrogens (tertiary/aromatic N) is 1. The van der Waals surface area contributed by atoms with Gasteiger partial charge in [-0.1, -0.05) is 28.1 Å². The van der Waals surface area contributed by atoms with E-state index in [-0.39, 0.29) is 32.1 Å². The van der Waals surface area contributed by atoms with Gasteiger partial charge >= 0.3 is 6.09 Å². The lowest BCUT2D eigenvalue weighted by atomic mass is 10.1. The highest BCUT2D eigenvalue weighted by Gasteiger charge is 2.32. The maximum atomic E-state index is 12.0. The zero-order valence-corrected chi connectivity index (χ0v) is 13.2. The van der Waals surface area contributed by atoms with Gasteiger partial charge in [0.05, 0.1) is 19.8 Å². The molecule has 1 aliphatic rings. The van der Waals surface area contributed by atoms with Crippen molar-refractivity contribution in [2.24, 2.45) is 0 Å². The molecule has 1 atom stereocenters. The van der Waals surface area contributed by atoms with Gasteiger partial charge in [-0.05, 0) is 12.1 Å². The Morgan fingerprint density at radius 3 is 2.64 bits per heavy atom. The molecule has 1 unspecified atom stereocenters. The molecule has 0 bridgehead atoms. The average molecular weight is 371 g/mol. The van der Waals surface area contributed by atoms with Crippen LogP contribution in [0.3, 0.4) is 0 Å². The van der Waals surface area contributed by atoms with E-state index in [1.807, 2.05) is 0 Å². The highest BCUT2D eigenvalue weighted by Crippen LogP contribution is 2.11. The molecule has 0 aliphatic carbocycles. The van der Waals surface area contributed by atoms with Crippen molar-refractivity contribution in [2.45, 2.75) is 6.04 Å². The Balaban J connectivity index is 1.92. The van der Waals surface area contributed by atoms with E-state index in [1.54, 1.807) is 24.3 Å². The van der Waals surface area contributed by atoms with E-state index >= 15 is 0 Å². The first-order valence-corrected chi connectivity index (χ1v) is 7.42. The van der Waals surface area contributed by atoms with Crippen LogP contribution in [0.1, 0.15) is 10.4 Å². The molecule has 2 N–H and O–H groups in total. The molecular formula is C14H15BrN2O5. The second kappa shape index (κ2) is 7.37. The summed E-state index contributed by atoms with van der Waals surface area (Å²) in [6, 6.07) is 5.83. The summed E-state index contributed by atoms with van der Waals surface area (Å²) in [6.45, 7) is 0.191. The Morgan fingerprint density at radius 2 is 2.00 bits per heavy atom. The van der Waals surface area contributed by atoms with Crippen LogP contribution in [0.15, 0.2) is 28.7 Å². The van der Waals surface area contributed by atoms with Crippen molar-refractivity contribution < 1.29 is 24.2 Å². The van der Waals surface area contributed by atoms with Gasteiger partial charge in [-0.25, -0.2) is 4.79 Å². The van der Waals surface area contributed by atoms with E-state index in [0.717, 1.165) is 9.37 Å². The van der Waals surface area contributed by atoms with E-state index in [4.69, 9.17) is 9.84 Å². The quantitative estimate of drug-likeness (QED) is 0.774. The van der Waals surface area contributed by atoms with Gasteiger partial charge < -0.3 is 15.2 Å². The van der Waals surface area contributed by atoms with E-state index in [2.05, 4.69) is 21.2 Å². The topological polar surface area (TPSA) is 95.9 Å². The molecule has 2 rings (SSSR count). The lowest BCUT2D eigenvalue weighted by molar-refractivity contribution is -0.130. The molecule has 1 heterocycles. The number of carbonyl (C=O) groups is 3. The molecule has 0 aromatic heterocycles. The first-order chi connectivity index (χ1) is 10.5. The van der Waals surface area contributed by atoms with Gasteiger partial charge in [-0.15, -0.1) is 0 Å². The Morgan fingerprint density at radius 1 is 1.32 bits per heavy atom. The molecular weight excluding hydrogens is 356 g/mol. The minimum atomic E-state index is -1.18. The van der Waals surface area contributed by atoms with Crippen molar-refractivity contribution in [1.29, 1.82) is 0 Å². The normalized spacial score (nSPS) is 17.9. The summed E-state index contributed by atoms with van der Waals surface area (Å²) in [5.74, 6) is -0.785.